The van der Waals surface area contributed by atoms with Crippen molar-refractivity contribution >= 4 is 53.5 Å². The summed E-state index contributed by atoms with van der Waals surface area (Å²) in [5.74, 6) is -3.99. The minimum absolute atomic E-state index is 0. The van der Waals surface area contributed by atoms with Gasteiger partial charge in [0.25, 0.3) is 0 Å². The highest BCUT2D eigenvalue weighted by Gasteiger charge is 2.39. The number of rotatable bonds is 35. The Morgan fingerprint density at radius 2 is 0.713 bits per heavy atom. The molecule has 4 unspecified atom stereocenters. The van der Waals surface area contributed by atoms with Crippen LogP contribution in [0.15, 0.2) is 30.3 Å². The van der Waals surface area contributed by atoms with Crippen molar-refractivity contribution < 1.29 is 158 Å². The number of ether oxygens (including phenoxy) is 12. The lowest BCUT2D eigenvalue weighted by Gasteiger charge is -2.27. The number of ketones is 1. The van der Waals surface area contributed by atoms with Crippen molar-refractivity contribution in [2.24, 2.45) is 27.1 Å². The molecule has 0 aliphatic heterocycles. The maximum Gasteiger partial charge on any atom is 0.317 e. The van der Waals surface area contributed by atoms with Crippen LogP contribution in [-0.2, 0) is 107 Å². The molecule has 3 N–H and O–H groups in total. The third kappa shape index (κ3) is 46.1. The Bertz CT molecular complexity index is 2060. The Balaban J connectivity index is -0.000000236. The second kappa shape index (κ2) is 49.1. The molecule has 4 atom stereocenters. The average molecular weight is 1390 g/mol. The number of carbonyl (C=O) groups is 9. The van der Waals surface area contributed by atoms with Crippen LogP contribution in [0.4, 0.5) is 0 Å². The van der Waals surface area contributed by atoms with Crippen LogP contribution in [0.25, 0.3) is 0 Å². The van der Waals surface area contributed by atoms with Gasteiger partial charge in [-0.25, -0.2) is 0 Å². The largest absolute Gasteiger partial charge is 1.00 e. The predicted octanol–water partition coefficient (Wildman–Crippen LogP) is -3.06. The molecule has 87 heavy (non-hydrogen) atoms. The van der Waals surface area contributed by atoms with Gasteiger partial charge in [0, 0.05) is 69.0 Å². The van der Waals surface area contributed by atoms with Crippen LogP contribution in [0.2, 0.25) is 0 Å². The topological polar surface area (TPSA) is 325 Å². The second-order valence-electron chi connectivity index (χ2n) is 23.3. The fraction of sp³-hybridized carbons (Fsp3) is 0.746. The summed E-state index contributed by atoms with van der Waals surface area (Å²) in [5.41, 5.74) is -4.19. The summed E-state index contributed by atoms with van der Waals surface area (Å²) in [7, 11) is 18.4. The molecule has 0 fully saturated rings. The zero-order valence-corrected chi connectivity index (χ0v) is 58.6. The highest BCUT2D eigenvalue weighted by Crippen LogP contribution is 2.23. The number of quaternary nitrogens is 2. The predicted molar refractivity (Wildman–Crippen MR) is 311 cm³/mol. The van der Waals surface area contributed by atoms with Gasteiger partial charge >= 0.3 is 47.8 Å². The van der Waals surface area contributed by atoms with Crippen molar-refractivity contribution in [3.8, 4) is 0 Å². The van der Waals surface area contributed by atoms with E-state index < -0.39 is 82.1 Å². The van der Waals surface area contributed by atoms with E-state index in [1.807, 2.05) is 30.3 Å². The standard InChI is InChI=1S/C14H28NO5.C14H20O4.C13H26NO5.2C9H16O5.2BrH/c1-12(16)20-11-14(2,10-18-6)13(17)19-9-7-8-15(3,4)5;1-14(10-16-2,11-17-3)13(15)18-9-12-7-5-4-6-8-12;1-11(16)19-10-13(2,9-15)12(17)18-8-6-7-14(3,4)5;1-7(11)14-6-9(2,5-10)8(12)4-13-3;1-4-13-8(12)9(3,5-10)6-14-7(2)11;;/h7-11H2,1-6H3;4-8H,9-11H2,1-3H3;15H,6-10H2,1-5H3;2*10H,4-6H2,1-3H3;2*1H/q+1;;+1;;;;/p-2. The van der Waals surface area contributed by atoms with E-state index in [9.17, 15) is 48.3 Å². The van der Waals surface area contributed by atoms with E-state index in [1.165, 1.54) is 62.7 Å². The summed E-state index contributed by atoms with van der Waals surface area (Å²) in [6, 6.07) is 9.57. The molecule has 0 saturated heterocycles. The maximum atomic E-state index is 12.1. The number of halogens is 2. The highest BCUT2D eigenvalue weighted by atomic mass is 79.9. The van der Waals surface area contributed by atoms with E-state index in [-0.39, 0.29) is 118 Å². The second-order valence-corrected chi connectivity index (χ2v) is 23.3. The monoisotopic (exact) mass is 1380 g/mol. The molecule has 1 aromatic rings. The molecule has 0 aliphatic carbocycles. The van der Waals surface area contributed by atoms with Crippen molar-refractivity contribution in [2.75, 3.05) is 176 Å². The van der Waals surface area contributed by atoms with Gasteiger partial charge in [-0.1, -0.05) is 30.3 Å². The average Bonchev–Trinajstić information content (AvgIpc) is 3.60. The number of nitrogens with zero attached hydrogens (tertiary/aromatic N) is 2. The van der Waals surface area contributed by atoms with Crippen molar-refractivity contribution in [3.63, 3.8) is 0 Å². The SMILES string of the molecule is CC(=O)OCC(C)(CO)C(=O)OCCC[N+](C)(C)C.CCOC(=O)C(C)(CO)COC(C)=O.COCC(=O)C(C)(CO)COC(C)=O.COCC(C)(COC(C)=O)C(=O)OCCC[N+](C)(C)C.COCC(C)(COC)C(=O)OCc1ccccc1.[Br-].[Br-]. The quantitative estimate of drug-likeness (QED) is 0.0263. The van der Waals surface area contributed by atoms with E-state index in [0.29, 0.717) is 13.2 Å². The molecule has 0 aliphatic rings. The van der Waals surface area contributed by atoms with E-state index in [1.54, 1.807) is 35.0 Å². The number of benzene rings is 1. The fourth-order valence-electron chi connectivity index (χ4n) is 6.13. The van der Waals surface area contributed by atoms with Gasteiger partial charge in [-0.15, -0.1) is 0 Å². The van der Waals surface area contributed by atoms with Gasteiger partial charge in [0.05, 0.1) is 120 Å². The van der Waals surface area contributed by atoms with Gasteiger partial charge in [0.1, 0.15) is 61.3 Å². The molecule has 0 aromatic heterocycles. The summed E-state index contributed by atoms with van der Waals surface area (Å²) in [4.78, 5) is 101. The van der Waals surface area contributed by atoms with Gasteiger partial charge < -0.3 is 115 Å². The molecular formula is C59H106Br2N2O24. The summed E-state index contributed by atoms with van der Waals surface area (Å²) >= 11 is 0. The third-order valence-electron chi connectivity index (χ3n) is 11.6. The molecule has 0 heterocycles. The summed E-state index contributed by atoms with van der Waals surface area (Å²) in [6.45, 7) is 16.5. The maximum absolute atomic E-state index is 12.1. The molecule has 0 saturated carbocycles. The highest BCUT2D eigenvalue weighted by molar-refractivity contribution is 5.86. The molecule has 0 radical (unpaired) electrons. The Morgan fingerprint density at radius 1 is 0.414 bits per heavy atom. The molecular weight excluding hydrogens is 1280 g/mol. The van der Waals surface area contributed by atoms with Crippen LogP contribution in [0.1, 0.15) is 87.6 Å². The number of esters is 8. The Hall–Kier alpha value is -4.75. The molecule has 0 bridgehead atoms. The number of Topliss-reactive ketones (excluding diaryl/α,β-unsaturated/α-hetero) is 1. The first-order valence-corrected chi connectivity index (χ1v) is 27.4. The van der Waals surface area contributed by atoms with Gasteiger partial charge in [-0.3, -0.25) is 43.2 Å². The summed E-state index contributed by atoms with van der Waals surface area (Å²) in [6.07, 6.45) is 1.52. The molecule has 1 aromatic carbocycles. The van der Waals surface area contributed by atoms with Crippen LogP contribution >= 0.6 is 0 Å². The lowest BCUT2D eigenvalue weighted by Crippen LogP contribution is -3.00. The normalized spacial score (nSPS) is 13.5. The van der Waals surface area contributed by atoms with Crippen LogP contribution < -0.4 is 34.0 Å². The third-order valence-corrected chi connectivity index (χ3v) is 11.6. The molecule has 1 rings (SSSR count). The van der Waals surface area contributed by atoms with Crippen LogP contribution in [0.5, 0.6) is 0 Å². The smallest absolute Gasteiger partial charge is 0.317 e. The van der Waals surface area contributed by atoms with Crippen molar-refractivity contribution in [1.82, 2.24) is 0 Å². The van der Waals surface area contributed by atoms with E-state index >= 15 is 0 Å². The van der Waals surface area contributed by atoms with Crippen molar-refractivity contribution in [1.29, 1.82) is 0 Å². The summed E-state index contributed by atoms with van der Waals surface area (Å²) in [5, 5.41) is 27.3. The molecule has 0 spiro atoms. The lowest BCUT2D eigenvalue weighted by molar-refractivity contribution is -0.870. The number of carbonyl (C=O) groups excluding carboxylic acids is 9. The van der Waals surface area contributed by atoms with E-state index in [4.69, 9.17) is 57.6 Å². The zero-order chi connectivity index (χ0) is 66.7. The van der Waals surface area contributed by atoms with Crippen molar-refractivity contribution in [2.45, 2.75) is 88.7 Å². The number of methoxy groups -OCH3 is 4. The first-order valence-electron chi connectivity index (χ1n) is 27.4. The van der Waals surface area contributed by atoms with E-state index in [0.717, 1.165) is 40.5 Å². The molecule has 28 heteroatoms. The number of aliphatic hydroxyl groups excluding tert-OH is 3. The number of hydrogen-bond donors (Lipinski definition) is 3. The van der Waals surface area contributed by atoms with Gasteiger partial charge in [-0.2, -0.15) is 0 Å². The fourth-order valence-corrected chi connectivity index (χ4v) is 6.13. The van der Waals surface area contributed by atoms with E-state index in [2.05, 4.69) is 51.8 Å². The van der Waals surface area contributed by atoms with Gasteiger partial charge in [0.2, 0.25) is 0 Å². The Labute approximate surface area is 537 Å². The first kappa shape index (κ1) is 93.4. The lowest BCUT2D eigenvalue weighted by atomic mass is 9.88. The number of aliphatic hydroxyl groups is 3. The molecule has 0 amide bonds. The van der Waals surface area contributed by atoms with Crippen LogP contribution in [0.3, 0.4) is 0 Å². The van der Waals surface area contributed by atoms with Gasteiger partial charge in [0.15, 0.2) is 5.78 Å². The van der Waals surface area contributed by atoms with Gasteiger partial charge in [-0.05, 0) is 47.1 Å². The zero-order valence-electron chi connectivity index (χ0n) is 55.4. The first-order chi connectivity index (χ1) is 39.2. The van der Waals surface area contributed by atoms with Crippen LogP contribution in [0, 0.1) is 27.1 Å². The molecule has 510 valence electrons. The molecule has 26 nitrogen and oxygen atoms in total. The van der Waals surface area contributed by atoms with Crippen molar-refractivity contribution in [3.05, 3.63) is 35.9 Å². The minimum Gasteiger partial charge on any atom is -1.00 e. The Kier molecular flexibility index (Phi) is 52.7. The minimum atomic E-state index is -1.19. The Morgan fingerprint density at radius 3 is 1.01 bits per heavy atom. The van der Waals surface area contributed by atoms with Crippen LogP contribution in [-0.4, -0.2) is 254 Å². The number of hydrogen-bond acceptors (Lipinski definition) is 24. The summed E-state index contributed by atoms with van der Waals surface area (Å²) < 4.78 is 60.9.